The van der Waals surface area contributed by atoms with E-state index in [4.69, 9.17) is 9.47 Å². The molecule has 142 valence electrons. The minimum atomic E-state index is -0.889. The second kappa shape index (κ2) is 10.6. The molecule has 2 aromatic rings. The summed E-state index contributed by atoms with van der Waals surface area (Å²) in [5.74, 6) is -1.89. The van der Waals surface area contributed by atoms with E-state index in [9.17, 15) is 14.4 Å². The molecule has 0 unspecified atom stereocenters. The van der Waals surface area contributed by atoms with Crippen LogP contribution in [0, 0.1) is 0 Å². The molecule has 1 N–H and O–H groups in total. The molecule has 8 nitrogen and oxygen atoms in total. The van der Waals surface area contributed by atoms with Crippen molar-refractivity contribution in [2.75, 3.05) is 19.9 Å². The Hall–Kier alpha value is -3.39. The van der Waals surface area contributed by atoms with Crippen molar-refractivity contribution in [1.82, 2.24) is 5.32 Å². The Morgan fingerprint density at radius 1 is 0.889 bits per heavy atom. The minimum Gasteiger partial charge on any atom is -0.477 e. The van der Waals surface area contributed by atoms with E-state index in [2.05, 4.69) is 15.1 Å². The molecule has 27 heavy (non-hydrogen) atoms. The number of para-hydroxylation sites is 1. The predicted octanol–water partition coefficient (Wildman–Crippen LogP) is 2.10. The number of hydrogen-bond donors (Lipinski definition) is 1. The van der Waals surface area contributed by atoms with Gasteiger partial charge in [0, 0.05) is 0 Å². The summed E-state index contributed by atoms with van der Waals surface area (Å²) >= 11 is 0. The van der Waals surface area contributed by atoms with Gasteiger partial charge in [-0.25, -0.2) is 19.4 Å². The Bertz CT molecular complexity index is 777. The van der Waals surface area contributed by atoms with Crippen LogP contribution < -0.4 is 10.1 Å². The van der Waals surface area contributed by atoms with Crippen molar-refractivity contribution in [2.24, 2.45) is 0 Å². The highest BCUT2D eigenvalue weighted by Gasteiger charge is 2.18. The van der Waals surface area contributed by atoms with Gasteiger partial charge in [-0.05, 0) is 31.2 Å². The van der Waals surface area contributed by atoms with Crippen molar-refractivity contribution in [3.05, 3.63) is 65.7 Å². The molecule has 0 amide bonds. The molecule has 0 aromatic heterocycles. The lowest BCUT2D eigenvalue weighted by molar-refractivity contribution is -0.187. The Labute approximate surface area is 155 Å². The summed E-state index contributed by atoms with van der Waals surface area (Å²) in [6.45, 7) is 1.93. The van der Waals surface area contributed by atoms with Crippen LogP contribution in [0.2, 0.25) is 0 Å². The lowest BCUT2D eigenvalue weighted by atomic mass is 10.2. The molecule has 0 aliphatic rings. The van der Waals surface area contributed by atoms with Gasteiger partial charge in [0.25, 0.3) is 0 Å². The van der Waals surface area contributed by atoms with Gasteiger partial charge in [0.1, 0.15) is 18.0 Å². The monoisotopic (exact) mass is 373 g/mol. The van der Waals surface area contributed by atoms with Gasteiger partial charge < -0.3 is 9.47 Å². The molecular weight excluding hydrogens is 354 g/mol. The van der Waals surface area contributed by atoms with Gasteiger partial charge in [0.2, 0.25) is 0 Å². The molecule has 0 saturated carbocycles. The summed E-state index contributed by atoms with van der Waals surface area (Å²) in [5.41, 5.74) is 0.314. The van der Waals surface area contributed by atoms with Gasteiger partial charge in [-0.3, -0.25) is 10.1 Å². The average molecular weight is 373 g/mol. The quantitative estimate of drug-likeness (QED) is 0.247. The number of esters is 1. The van der Waals surface area contributed by atoms with Gasteiger partial charge >= 0.3 is 17.9 Å². The van der Waals surface area contributed by atoms with E-state index in [1.54, 1.807) is 43.3 Å². The fraction of sp³-hybridized carbons (Fsp3) is 0.211. The molecule has 0 bridgehead atoms. The van der Waals surface area contributed by atoms with Crippen LogP contribution in [0.1, 0.15) is 27.6 Å². The molecule has 2 rings (SSSR count). The summed E-state index contributed by atoms with van der Waals surface area (Å²) in [5, 5.41) is 2.72. The highest BCUT2D eigenvalue weighted by Crippen LogP contribution is 2.19. The Morgan fingerprint density at radius 3 is 2.30 bits per heavy atom. The van der Waals surface area contributed by atoms with Crippen molar-refractivity contribution < 1.29 is 33.6 Å². The normalized spacial score (nSPS) is 9.96. The lowest BCUT2D eigenvalue weighted by Gasteiger charge is -2.11. The minimum absolute atomic E-state index is 0.0326. The smallest absolute Gasteiger partial charge is 0.390 e. The number of carbonyl (C=O) groups is 3. The fourth-order valence-corrected chi connectivity index (χ4v) is 2.00. The van der Waals surface area contributed by atoms with Crippen LogP contribution in [0.3, 0.4) is 0 Å². The molecular formula is C19H19NO7. The summed E-state index contributed by atoms with van der Waals surface area (Å²) < 4.78 is 10.2. The first kappa shape index (κ1) is 19.9. The molecule has 0 aliphatic heterocycles. The predicted molar refractivity (Wildman–Crippen MR) is 93.8 cm³/mol. The van der Waals surface area contributed by atoms with Crippen molar-refractivity contribution >= 4 is 17.9 Å². The topological polar surface area (TPSA) is 100 Å². The largest absolute Gasteiger partial charge is 0.477 e. The number of benzene rings is 2. The molecule has 0 spiro atoms. The Kier molecular flexibility index (Phi) is 7.80. The van der Waals surface area contributed by atoms with Crippen LogP contribution in [0.4, 0.5) is 0 Å². The third-order valence-electron chi connectivity index (χ3n) is 3.21. The number of nitrogens with one attached hydrogen (secondary N) is 1. The van der Waals surface area contributed by atoms with Crippen LogP contribution in [-0.4, -0.2) is 37.8 Å². The van der Waals surface area contributed by atoms with Crippen LogP contribution in [0.25, 0.3) is 0 Å². The first-order valence-electron chi connectivity index (χ1n) is 8.18. The zero-order valence-electron chi connectivity index (χ0n) is 14.7. The first-order valence-corrected chi connectivity index (χ1v) is 8.18. The first-order chi connectivity index (χ1) is 13.1. The van der Waals surface area contributed by atoms with E-state index >= 15 is 0 Å². The molecule has 0 atom stereocenters. The Morgan fingerprint density at radius 2 is 1.56 bits per heavy atom. The van der Waals surface area contributed by atoms with E-state index in [-0.39, 0.29) is 36.8 Å². The summed E-state index contributed by atoms with van der Waals surface area (Å²) in [4.78, 5) is 44.4. The Balaban J connectivity index is 1.87. The zero-order chi connectivity index (χ0) is 19.5. The second-order valence-electron chi connectivity index (χ2n) is 5.12. The van der Waals surface area contributed by atoms with Crippen molar-refractivity contribution in [2.45, 2.75) is 6.92 Å². The van der Waals surface area contributed by atoms with Crippen LogP contribution >= 0.6 is 0 Å². The molecule has 8 heteroatoms. The van der Waals surface area contributed by atoms with Gasteiger partial charge in [0.05, 0.1) is 18.7 Å². The van der Waals surface area contributed by atoms with E-state index in [0.717, 1.165) is 0 Å². The van der Waals surface area contributed by atoms with E-state index in [0.29, 0.717) is 0 Å². The average Bonchev–Trinajstić information content (AvgIpc) is 2.70. The SMILES string of the molecule is CCOC(=O)CNCOc1ccccc1C(=O)OOC(=O)c1ccccc1. The lowest BCUT2D eigenvalue weighted by Crippen LogP contribution is -2.28. The molecule has 0 fully saturated rings. The highest BCUT2D eigenvalue weighted by atomic mass is 17.2. The van der Waals surface area contributed by atoms with Gasteiger partial charge in [-0.2, -0.15) is 0 Å². The molecule has 2 aromatic carbocycles. The maximum Gasteiger partial charge on any atom is 0.390 e. The van der Waals surface area contributed by atoms with Gasteiger partial charge in [-0.15, -0.1) is 0 Å². The molecule has 0 heterocycles. The number of hydrogen-bond acceptors (Lipinski definition) is 8. The van der Waals surface area contributed by atoms with Crippen molar-refractivity contribution in [3.8, 4) is 5.75 Å². The molecule has 0 radical (unpaired) electrons. The fourth-order valence-electron chi connectivity index (χ4n) is 2.00. The standard InChI is InChI=1S/C19H19NO7/c1-2-24-17(21)12-20-13-25-16-11-7-6-10-15(16)19(23)27-26-18(22)14-8-4-3-5-9-14/h3-11,20H,2,12-13H2,1H3. The van der Waals surface area contributed by atoms with E-state index in [1.165, 1.54) is 18.2 Å². The number of carbonyl (C=O) groups excluding carboxylic acids is 3. The van der Waals surface area contributed by atoms with Gasteiger partial charge in [0.15, 0.2) is 0 Å². The third-order valence-corrected chi connectivity index (χ3v) is 3.21. The summed E-state index contributed by atoms with van der Waals surface area (Å²) in [7, 11) is 0. The number of ether oxygens (including phenoxy) is 2. The summed E-state index contributed by atoms with van der Waals surface area (Å²) in [6, 6.07) is 14.4. The molecule has 0 aliphatic carbocycles. The maximum atomic E-state index is 12.2. The van der Waals surface area contributed by atoms with Crippen molar-refractivity contribution in [1.29, 1.82) is 0 Å². The zero-order valence-corrected chi connectivity index (χ0v) is 14.7. The summed E-state index contributed by atoms with van der Waals surface area (Å²) in [6.07, 6.45) is 0. The maximum absolute atomic E-state index is 12.2. The van der Waals surface area contributed by atoms with Crippen molar-refractivity contribution in [3.63, 3.8) is 0 Å². The van der Waals surface area contributed by atoms with E-state index in [1.807, 2.05) is 0 Å². The van der Waals surface area contributed by atoms with Crippen LogP contribution in [0.5, 0.6) is 5.75 Å². The van der Waals surface area contributed by atoms with Crippen LogP contribution in [0.15, 0.2) is 54.6 Å². The second-order valence-corrected chi connectivity index (χ2v) is 5.12. The molecule has 0 saturated heterocycles. The van der Waals surface area contributed by atoms with Gasteiger partial charge in [-0.1, -0.05) is 30.3 Å². The highest BCUT2D eigenvalue weighted by molar-refractivity contribution is 5.94. The van der Waals surface area contributed by atoms with Crippen LogP contribution in [-0.2, 0) is 19.3 Å². The van der Waals surface area contributed by atoms with E-state index < -0.39 is 17.9 Å². The number of rotatable bonds is 8. The third kappa shape index (κ3) is 6.44.